The fourth-order valence-corrected chi connectivity index (χ4v) is 5.20. The summed E-state index contributed by atoms with van der Waals surface area (Å²) in [5.41, 5.74) is 26.6. The van der Waals surface area contributed by atoms with Crippen molar-refractivity contribution in [1.82, 2.24) is 31.9 Å². The molecule has 0 saturated carbocycles. The van der Waals surface area contributed by atoms with Crippen LogP contribution < -0.4 is 60.6 Å². The molecule has 59 heavy (non-hydrogen) atoms. The number of aliphatic hydroxyl groups is 1. The second kappa shape index (κ2) is 26.7. The van der Waals surface area contributed by atoms with Gasteiger partial charge in [-0.15, -0.1) is 0 Å². The SMILES string of the molecule is CC(C)C[C@H](NC(=O)[C@@H](NC(=O)[C@H](CCC(N)=O)NC(=O)[C@H](CCC(N)=O)NC(=O)[C@@H](N)CC(=O)O)C(C)C)C(=O)N[C@@H](CO)C(=O)N[C@@H](CCCN=C(N)N)C(=O)O. The molecular weight excluding hydrogens is 784 g/mol. The highest BCUT2D eigenvalue weighted by atomic mass is 16.4. The topological polar surface area (TPSA) is 446 Å². The van der Waals surface area contributed by atoms with Gasteiger partial charge in [0, 0.05) is 19.4 Å². The number of amides is 8. The molecule has 0 heterocycles. The lowest BCUT2D eigenvalue weighted by Gasteiger charge is -2.29. The van der Waals surface area contributed by atoms with E-state index in [9.17, 15) is 58.2 Å². The van der Waals surface area contributed by atoms with E-state index < -0.39 is 146 Å². The van der Waals surface area contributed by atoms with E-state index in [-0.39, 0.29) is 37.7 Å². The summed E-state index contributed by atoms with van der Waals surface area (Å²) in [6.07, 6.45) is -2.42. The number of guanidine groups is 1. The van der Waals surface area contributed by atoms with Crippen molar-refractivity contribution >= 4 is 65.2 Å². The lowest BCUT2D eigenvalue weighted by Crippen LogP contribution is -2.61. The zero-order valence-electron chi connectivity index (χ0n) is 33.5. The number of carbonyl (C=O) groups excluding carboxylic acids is 8. The Hall–Kier alpha value is -6.11. The largest absolute Gasteiger partial charge is 0.481 e. The molecule has 334 valence electrons. The molecule has 0 fully saturated rings. The summed E-state index contributed by atoms with van der Waals surface area (Å²) >= 11 is 0. The summed E-state index contributed by atoms with van der Waals surface area (Å²) in [5, 5.41) is 42.5. The predicted octanol–water partition coefficient (Wildman–Crippen LogP) is -5.94. The molecule has 7 atom stereocenters. The van der Waals surface area contributed by atoms with Gasteiger partial charge in [-0.3, -0.25) is 48.1 Å². The number of carboxylic acid groups (broad SMARTS) is 2. The monoisotopic (exact) mass is 844 g/mol. The smallest absolute Gasteiger partial charge is 0.326 e. The normalized spacial score (nSPS) is 14.5. The van der Waals surface area contributed by atoms with Gasteiger partial charge in [-0.1, -0.05) is 27.7 Å². The number of hydrogen-bond donors (Lipinski definition) is 14. The summed E-state index contributed by atoms with van der Waals surface area (Å²) in [5.74, 6) is -11.7. The molecule has 0 aromatic rings. The van der Waals surface area contributed by atoms with Gasteiger partial charge in [-0.05, 0) is 43.9 Å². The Balaban J connectivity index is 6.20. The molecule has 0 spiro atoms. The van der Waals surface area contributed by atoms with E-state index in [4.69, 9.17) is 33.8 Å². The molecule has 0 aliphatic rings. The van der Waals surface area contributed by atoms with Crippen LogP contribution in [0.4, 0.5) is 0 Å². The third-order valence-corrected chi connectivity index (χ3v) is 8.32. The molecule has 0 unspecified atom stereocenters. The molecule has 0 bridgehead atoms. The highest BCUT2D eigenvalue weighted by Gasteiger charge is 2.35. The van der Waals surface area contributed by atoms with Crippen LogP contribution in [0.1, 0.15) is 79.1 Å². The first kappa shape index (κ1) is 52.9. The Kier molecular flexibility index (Phi) is 24.0. The number of aliphatic carboxylic acids is 2. The number of nitrogens with zero attached hydrogens (tertiary/aromatic N) is 1. The van der Waals surface area contributed by atoms with Crippen molar-refractivity contribution in [3.05, 3.63) is 0 Å². The summed E-state index contributed by atoms with van der Waals surface area (Å²) in [7, 11) is 0. The predicted molar refractivity (Wildman–Crippen MR) is 208 cm³/mol. The molecule has 0 aliphatic heterocycles. The van der Waals surface area contributed by atoms with E-state index >= 15 is 0 Å². The van der Waals surface area contributed by atoms with Crippen LogP contribution in [0.15, 0.2) is 4.99 Å². The van der Waals surface area contributed by atoms with Gasteiger partial charge in [0.2, 0.25) is 47.3 Å². The summed E-state index contributed by atoms with van der Waals surface area (Å²) in [6, 6.07) is -10.6. The van der Waals surface area contributed by atoms with Crippen LogP contribution in [0, 0.1) is 11.8 Å². The van der Waals surface area contributed by atoms with E-state index in [0.717, 1.165) is 0 Å². The van der Waals surface area contributed by atoms with Gasteiger partial charge in [0.1, 0.15) is 36.3 Å². The molecular formula is C34H60N12O13. The van der Waals surface area contributed by atoms with Crippen LogP contribution >= 0.6 is 0 Å². The molecule has 25 heteroatoms. The Morgan fingerprint density at radius 1 is 0.576 bits per heavy atom. The molecule has 19 N–H and O–H groups in total. The highest BCUT2D eigenvalue weighted by Crippen LogP contribution is 2.11. The van der Waals surface area contributed by atoms with Crippen molar-refractivity contribution in [2.24, 2.45) is 45.5 Å². The number of carboxylic acids is 2. The molecule has 0 aromatic carbocycles. The minimum Gasteiger partial charge on any atom is -0.481 e. The molecule has 0 aliphatic carbocycles. The first-order valence-corrected chi connectivity index (χ1v) is 18.6. The number of nitrogens with two attached hydrogens (primary N) is 5. The van der Waals surface area contributed by atoms with Gasteiger partial charge in [-0.2, -0.15) is 0 Å². The number of hydrogen-bond acceptors (Lipinski definition) is 13. The van der Waals surface area contributed by atoms with E-state index in [1.165, 1.54) is 13.8 Å². The van der Waals surface area contributed by atoms with Crippen LogP contribution in [-0.2, 0) is 47.9 Å². The van der Waals surface area contributed by atoms with Crippen molar-refractivity contribution in [1.29, 1.82) is 0 Å². The number of carbonyl (C=O) groups is 10. The highest BCUT2D eigenvalue weighted by molar-refractivity contribution is 5.97. The standard InChI is InChI=1S/C34H60N12O13/c1-15(2)12-21(30(55)45-22(14-47)31(56)43-20(33(58)59)6-5-11-40-34(38)39)44-32(57)26(16(3)4)46-29(54)19(8-10-24(37)49)42-28(53)18(7-9-23(36)48)41-27(52)17(35)13-25(50)51/h15-22,26,47H,5-14,35H2,1-4H3,(H2,36,48)(H2,37,49)(H,41,52)(H,42,53)(H,43,56)(H,44,57)(H,45,55)(H,46,54)(H,50,51)(H,58,59)(H4,38,39,40)/t17-,18-,19-,20-,21-,22-,26-/m0/s1. The fraction of sp³-hybridized carbons (Fsp3) is 0.676. The van der Waals surface area contributed by atoms with E-state index in [1.54, 1.807) is 13.8 Å². The van der Waals surface area contributed by atoms with Gasteiger partial charge in [0.05, 0.1) is 19.1 Å². The number of rotatable bonds is 29. The fourth-order valence-electron chi connectivity index (χ4n) is 5.20. The molecule has 0 radical (unpaired) electrons. The lowest BCUT2D eigenvalue weighted by molar-refractivity contribution is -0.143. The van der Waals surface area contributed by atoms with Crippen LogP contribution in [0.25, 0.3) is 0 Å². The summed E-state index contributed by atoms with van der Waals surface area (Å²) in [4.78, 5) is 129. The molecule has 0 saturated heterocycles. The van der Waals surface area contributed by atoms with Crippen molar-refractivity contribution in [2.75, 3.05) is 13.2 Å². The van der Waals surface area contributed by atoms with Crippen LogP contribution in [0.3, 0.4) is 0 Å². The Morgan fingerprint density at radius 3 is 1.46 bits per heavy atom. The number of nitrogens with one attached hydrogen (secondary N) is 6. The quantitative estimate of drug-likeness (QED) is 0.0189. The number of primary amides is 2. The van der Waals surface area contributed by atoms with Crippen molar-refractivity contribution in [3.8, 4) is 0 Å². The summed E-state index contributed by atoms with van der Waals surface area (Å²) < 4.78 is 0. The van der Waals surface area contributed by atoms with Crippen LogP contribution in [0.5, 0.6) is 0 Å². The van der Waals surface area contributed by atoms with Gasteiger partial charge in [-0.25, -0.2) is 4.79 Å². The molecule has 0 aromatic heterocycles. The Labute approximate surface area is 340 Å². The Bertz CT molecular complexity index is 1540. The maximum atomic E-state index is 13.7. The lowest BCUT2D eigenvalue weighted by atomic mass is 9.99. The first-order chi connectivity index (χ1) is 27.4. The average molecular weight is 845 g/mol. The van der Waals surface area contributed by atoms with Crippen molar-refractivity contribution in [2.45, 2.75) is 121 Å². The molecule has 25 nitrogen and oxygen atoms in total. The maximum Gasteiger partial charge on any atom is 0.326 e. The number of aliphatic imine (C=N–C) groups is 1. The van der Waals surface area contributed by atoms with Gasteiger partial charge in [0.15, 0.2) is 5.96 Å². The third kappa shape index (κ3) is 21.8. The second-order valence-electron chi connectivity index (χ2n) is 14.3. The minimum atomic E-state index is -1.65. The van der Waals surface area contributed by atoms with Gasteiger partial charge in [0.25, 0.3) is 0 Å². The Morgan fingerprint density at radius 2 is 1.02 bits per heavy atom. The minimum absolute atomic E-state index is 0.00945. The van der Waals surface area contributed by atoms with E-state index in [2.05, 4.69) is 36.9 Å². The van der Waals surface area contributed by atoms with Gasteiger partial charge < -0.3 is 75.9 Å². The average Bonchev–Trinajstić information content (AvgIpc) is 3.12. The van der Waals surface area contributed by atoms with Crippen LogP contribution in [-0.4, -0.2) is 136 Å². The van der Waals surface area contributed by atoms with Gasteiger partial charge >= 0.3 is 11.9 Å². The van der Waals surface area contributed by atoms with E-state index in [1.807, 2.05) is 0 Å². The van der Waals surface area contributed by atoms with Crippen molar-refractivity contribution < 1.29 is 63.3 Å². The van der Waals surface area contributed by atoms with Crippen LogP contribution in [0.2, 0.25) is 0 Å². The number of aliphatic hydroxyl groups excluding tert-OH is 1. The van der Waals surface area contributed by atoms with Crippen molar-refractivity contribution in [3.63, 3.8) is 0 Å². The first-order valence-electron chi connectivity index (χ1n) is 18.6. The second-order valence-corrected chi connectivity index (χ2v) is 14.3. The summed E-state index contributed by atoms with van der Waals surface area (Å²) in [6.45, 7) is 5.63. The zero-order valence-corrected chi connectivity index (χ0v) is 33.5. The zero-order chi connectivity index (χ0) is 45.6. The molecule has 8 amide bonds. The maximum absolute atomic E-state index is 13.7. The third-order valence-electron chi connectivity index (χ3n) is 8.32. The molecule has 0 rings (SSSR count). The van der Waals surface area contributed by atoms with E-state index in [0.29, 0.717) is 0 Å².